The van der Waals surface area contributed by atoms with Gasteiger partial charge in [-0.05, 0) is 12.1 Å². The Hall–Kier alpha value is -0.750. The summed E-state index contributed by atoms with van der Waals surface area (Å²) >= 11 is 0.310. The van der Waals surface area contributed by atoms with Crippen molar-refractivity contribution in [1.82, 2.24) is 4.98 Å². The van der Waals surface area contributed by atoms with E-state index in [4.69, 9.17) is 4.55 Å². The molecule has 0 saturated heterocycles. The molecule has 0 bridgehead atoms. The van der Waals surface area contributed by atoms with E-state index in [1.54, 1.807) is 0 Å². The van der Waals surface area contributed by atoms with Crippen molar-refractivity contribution in [2.75, 3.05) is 0 Å². The van der Waals surface area contributed by atoms with Gasteiger partial charge in [0.05, 0.1) is 5.56 Å². The smallest absolute Gasteiger partial charge is 0.324 e. The van der Waals surface area contributed by atoms with E-state index in [0.717, 1.165) is 12.1 Å². The van der Waals surface area contributed by atoms with Crippen molar-refractivity contribution >= 4 is 12.0 Å². The molecule has 1 N–H and O–H groups in total. The zero-order valence-electron chi connectivity index (χ0n) is 5.67. The minimum absolute atomic E-state index is 0.142. The Bertz CT molecular complexity index is 258. The predicted molar refractivity (Wildman–Crippen MR) is 37.7 cm³/mol. The minimum atomic E-state index is -4.37. The van der Waals surface area contributed by atoms with Crippen LogP contribution in [0.15, 0.2) is 23.4 Å². The van der Waals surface area contributed by atoms with Crippen LogP contribution in [0.2, 0.25) is 0 Å². The minimum Gasteiger partial charge on any atom is -0.324 e. The molecule has 0 aliphatic heterocycles. The SMILES string of the molecule is OSc1ccc(C(F)(F)F)cn1. The Kier molecular flexibility index (Phi) is 2.58. The Morgan fingerprint density at radius 2 is 2.00 bits per heavy atom. The lowest BCUT2D eigenvalue weighted by Gasteiger charge is -2.04. The third-order valence-corrected chi connectivity index (χ3v) is 1.59. The molecule has 1 aromatic rings. The maximum absolute atomic E-state index is 11.9. The van der Waals surface area contributed by atoms with E-state index < -0.39 is 11.7 Å². The Morgan fingerprint density at radius 1 is 1.33 bits per heavy atom. The number of hydrogen-bond donors (Lipinski definition) is 1. The topological polar surface area (TPSA) is 33.1 Å². The van der Waals surface area contributed by atoms with Crippen LogP contribution in [0.5, 0.6) is 0 Å². The average Bonchev–Trinajstić information content (AvgIpc) is 2.03. The van der Waals surface area contributed by atoms with Gasteiger partial charge in [0.1, 0.15) is 5.03 Å². The Labute approximate surface area is 70.6 Å². The van der Waals surface area contributed by atoms with Gasteiger partial charge in [0.25, 0.3) is 0 Å². The molecule has 6 heteroatoms. The number of aromatic nitrogens is 1. The second-order valence-electron chi connectivity index (χ2n) is 1.97. The van der Waals surface area contributed by atoms with Gasteiger partial charge in [0.2, 0.25) is 0 Å². The molecular formula is C6H4F3NOS. The van der Waals surface area contributed by atoms with Gasteiger partial charge >= 0.3 is 6.18 Å². The molecular weight excluding hydrogens is 191 g/mol. The number of hydrogen-bond acceptors (Lipinski definition) is 3. The van der Waals surface area contributed by atoms with E-state index in [1.807, 2.05) is 0 Å². The molecule has 0 radical (unpaired) electrons. The zero-order valence-corrected chi connectivity index (χ0v) is 6.49. The summed E-state index contributed by atoms with van der Waals surface area (Å²) in [6, 6.07) is 1.97. The molecule has 66 valence electrons. The second-order valence-corrected chi connectivity index (χ2v) is 2.58. The maximum Gasteiger partial charge on any atom is 0.417 e. The molecule has 2 nitrogen and oxygen atoms in total. The molecule has 0 aromatic carbocycles. The average molecular weight is 195 g/mol. The highest BCUT2D eigenvalue weighted by Crippen LogP contribution is 2.29. The van der Waals surface area contributed by atoms with Crippen molar-refractivity contribution in [2.24, 2.45) is 0 Å². The van der Waals surface area contributed by atoms with Crippen LogP contribution in [0, 0.1) is 0 Å². The fourth-order valence-electron chi connectivity index (χ4n) is 0.602. The van der Waals surface area contributed by atoms with Crippen LogP contribution >= 0.6 is 12.0 Å². The van der Waals surface area contributed by atoms with Gasteiger partial charge in [0, 0.05) is 18.2 Å². The van der Waals surface area contributed by atoms with E-state index in [-0.39, 0.29) is 5.03 Å². The standard InChI is InChI=1S/C6H4F3NOS/c7-6(8,9)4-1-2-5(12-11)10-3-4/h1-3,11H. The van der Waals surface area contributed by atoms with Gasteiger partial charge < -0.3 is 4.55 Å². The van der Waals surface area contributed by atoms with Gasteiger partial charge in [-0.1, -0.05) is 0 Å². The van der Waals surface area contributed by atoms with Crippen molar-refractivity contribution in [2.45, 2.75) is 11.2 Å². The normalized spacial score (nSPS) is 11.7. The first-order valence-electron chi connectivity index (χ1n) is 2.88. The van der Waals surface area contributed by atoms with Crippen molar-refractivity contribution in [3.63, 3.8) is 0 Å². The van der Waals surface area contributed by atoms with Crippen LogP contribution in [0.25, 0.3) is 0 Å². The molecule has 1 rings (SSSR count). The highest BCUT2D eigenvalue weighted by Gasteiger charge is 2.30. The quantitative estimate of drug-likeness (QED) is 0.699. The van der Waals surface area contributed by atoms with E-state index in [1.165, 1.54) is 0 Å². The highest BCUT2D eigenvalue weighted by atomic mass is 32.2. The van der Waals surface area contributed by atoms with Crippen LogP contribution in [0.4, 0.5) is 13.2 Å². The van der Waals surface area contributed by atoms with Crippen LogP contribution in [0.3, 0.4) is 0 Å². The van der Waals surface area contributed by atoms with E-state index in [0.29, 0.717) is 18.2 Å². The van der Waals surface area contributed by atoms with Crippen LogP contribution in [-0.4, -0.2) is 9.54 Å². The summed E-state index contributed by atoms with van der Waals surface area (Å²) in [4.78, 5) is 3.36. The lowest BCUT2D eigenvalue weighted by Crippen LogP contribution is -2.04. The van der Waals surface area contributed by atoms with Crippen LogP contribution in [0.1, 0.15) is 5.56 Å². The molecule has 0 amide bonds. The molecule has 0 atom stereocenters. The molecule has 12 heavy (non-hydrogen) atoms. The third kappa shape index (κ3) is 2.12. The van der Waals surface area contributed by atoms with Crippen molar-refractivity contribution in [1.29, 1.82) is 0 Å². The summed E-state index contributed by atoms with van der Waals surface area (Å²) in [6.07, 6.45) is -3.69. The monoisotopic (exact) mass is 195 g/mol. The van der Waals surface area contributed by atoms with Crippen LogP contribution < -0.4 is 0 Å². The Morgan fingerprint density at radius 3 is 2.33 bits per heavy atom. The first-order chi connectivity index (χ1) is 5.54. The lowest BCUT2D eigenvalue weighted by molar-refractivity contribution is -0.137. The summed E-state index contributed by atoms with van der Waals surface area (Å²) in [5.41, 5.74) is -0.819. The fourth-order valence-corrected chi connectivity index (χ4v) is 0.831. The number of alkyl halides is 3. The van der Waals surface area contributed by atoms with Gasteiger partial charge in [0.15, 0.2) is 0 Å². The van der Waals surface area contributed by atoms with E-state index >= 15 is 0 Å². The van der Waals surface area contributed by atoms with E-state index in [9.17, 15) is 13.2 Å². The van der Waals surface area contributed by atoms with Crippen molar-refractivity contribution < 1.29 is 17.7 Å². The molecule has 1 heterocycles. The van der Waals surface area contributed by atoms with E-state index in [2.05, 4.69) is 4.98 Å². The molecule has 0 spiro atoms. The zero-order chi connectivity index (χ0) is 9.19. The van der Waals surface area contributed by atoms with Crippen molar-refractivity contribution in [3.8, 4) is 0 Å². The third-order valence-electron chi connectivity index (χ3n) is 1.16. The molecule has 0 aliphatic carbocycles. The molecule has 1 aromatic heterocycles. The molecule has 0 unspecified atom stereocenters. The van der Waals surface area contributed by atoms with Gasteiger partial charge in [-0.2, -0.15) is 13.2 Å². The molecule has 0 aliphatic rings. The summed E-state index contributed by atoms with van der Waals surface area (Å²) in [7, 11) is 0. The summed E-state index contributed by atoms with van der Waals surface area (Å²) in [5.74, 6) is 0. The highest BCUT2D eigenvalue weighted by molar-refractivity contribution is 7.93. The maximum atomic E-state index is 11.9. The first kappa shape index (κ1) is 9.34. The molecule has 0 fully saturated rings. The molecule has 0 saturated carbocycles. The Balaban J connectivity index is 2.93. The second kappa shape index (κ2) is 3.32. The van der Waals surface area contributed by atoms with Gasteiger partial charge in [-0.3, -0.25) is 0 Å². The summed E-state index contributed by atoms with van der Waals surface area (Å²) in [5, 5.41) is 0.142. The lowest BCUT2D eigenvalue weighted by atomic mass is 10.3. The van der Waals surface area contributed by atoms with Crippen molar-refractivity contribution in [3.05, 3.63) is 23.9 Å². The van der Waals surface area contributed by atoms with Crippen LogP contribution in [-0.2, 0) is 6.18 Å². The number of pyridine rings is 1. The number of rotatable bonds is 1. The largest absolute Gasteiger partial charge is 0.417 e. The number of halogens is 3. The fraction of sp³-hybridized carbons (Fsp3) is 0.167. The summed E-state index contributed by atoms with van der Waals surface area (Å²) < 4.78 is 44.1. The summed E-state index contributed by atoms with van der Waals surface area (Å²) in [6.45, 7) is 0. The van der Waals surface area contributed by atoms with Gasteiger partial charge in [-0.15, -0.1) is 0 Å². The number of nitrogens with zero attached hydrogens (tertiary/aromatic N) is 1. The first-order valence-corrected chi connectivity index (χ1v) is 3.66. The van der Waals surface area contributed by atoms with Gasteiger partial charge in [-0.25, -0.2) is 4.98 Å². The predicted octanol–water partition coefficient (Wildman–Crippen LogP) is 2.67.